The zero-order chi connectivity index (χ0) is 17.1. The van der Waals surface area contributed by atoms with Gasteiger partial charge < -0.3 is 10.2 Å². The third-order valence-electron chi connectivity index (χ3n) is 4.05. The van der Waals surface area contributed by atoms with Crippen molar-refractivity contribution in [1.82, 2.24) is 15.1 Å². The van der Waals surface area contributed by atoms with Crippen LogP contribution in [0.5, 0.6) is 0 Å². The van der Waals surface area contributed by atoms with E-state index in [1.807, 2.05) is 19.2 Å². The highest BCUT2D eigenvalue weighted by Crippen LogP contribution is 2.27. The molecule has 2 aromatic rings. The number of nitrogens with zero attached hydrogens (tertiary/aromatic N) is 3. The number of amides is 2. The zero-order valence-electron chi connectivity index (χ0n) is 13.4. The molecular weight excluding hydrogens is 311 g/mol. The lowest BCUT2D eigenvalue weighted by Crippen LogP contribution is -2.40. The molecule has 1 aliphatic rings. The van der Waals surface area contributed by atoms with E-state index in [1.54, 1.807) is 29.1 Å². The van der Waals surface area contributed by atoms with E-state index in [9.17, 15) is 14.0 Å². The minimum Gasteiger partial charge on any atom is -0.351 e. The summed E-state index contributed by atoms with van der Waals surface area (Å²) in [5.74, 6) is -1.36. The van der Waals surface area contributed by atoms with E-state index in [2.05, 4.69) is 10.4 Å². The maximum Gasteiger partial charge on any atom is 0.227 e. The van der Waals surface area contributed by atoms with Crippen molar-refractivity contribution in [1.29, 1.82) is 0 Å². The van der Waals surface area contributed by atoms with Crippen molar-refractivity contribution in [2.45, 2.75) is 25.9 Å². The van der Waals surface area contributed by atoms with Crippen molar-refractivity contribution in [2.24, 2.45) is 5.92 Å². The summed E-state index contributed by atoms with van der Waals surface area (Å²) in [6, 6.07) is 7.80. The summed E-state index contributed by atoms with van der Waals surface area (Å²) in [5.41, 5.74) is 0.224. The first-order valence-electron chi connectivity index (χ1n) is 7.87. The quantitative estimate of drug-likeness (QED) is 0.905. The molecule has 3 rings (SSSR count). The summed E-state index contributed by atoms with van der Waals surface area (Å²) in [6.45, 7) is 2.63. The van der Waals surface area contributed by atoms with Crippen LogP contribution in [0.3, 0.4) is 0 Å². The summed E-state index contributed by atoms with van der Waals surface area (Å²) >= 11 is 0. The van der Waals surface area contributed by atoms with E-state index >= 15 is 0 Å². The van der Waals surface area contributed by atoms with Crippen molar-refractivity contribution < 1.29 is 14.0 Å². The number of para-hydroxylation sites is 1. The second-order valence-electron chi connectivity index (χ2n) is 5.99. The number of benzene rings is 1. The Morgan fingerprint density at radius 1 is 1.42 bits per heavy atom. The molecule has 0 unspecified atom stereocenters. The number of hydrogen-bond donors (Lipinski definition) is 1. The van der Waals surface area contributed by atoms with Gasteiger partial charge in [-0.05, 0) is 25.1 Å². The predicted octanol–water partition coefficient (Wildman–Crippen LogP) is 1.58. The Hall–Kier alpha value is -2.70. The van der Waals surface area contributed by atoms with Gasteiger partial charge in [0.2, 0.25) is 11.8 Å². The molecule has 0 radical (unpaired) electrons. The number of carbonyl (C=O) groups excluding carboxylic acids is 2. The smallest absolute Gasteiger partial charge is 0.227 e. The molecule has 24 heavy (non-hydrogen) atoms. The fraction of sp³-hybridized carbons (Fsp3) is 0.353. The fourth-order valence-electron chi connectivity index (χ4n) is 2.88. The van der Waals surface area contributed by atoms with Crippen LogP contribution in [-0.4, -0.2) is 34.2 Å². The van der Waals surface area contributed by atoms with E-state index < -0.39 is 11.7 Å². The lowest BCUT2D eigenvalue weighted by atomic mass is 10.1. The summed E-state index contributed by atoms with van der Waals surface area (Å²) in [4.78, 5) is 25.9. The van der Waals surface area contributed by atoms with E-state index in [0.717, 1.165) is 0 Å². The molecule has 0 bridgehead atoms. The molecule has 1 N–H and O–H groups in total. The zero-order valence-corrected chi connectivity index (χ0v) is 13.4. The molecule has 2 amide bonds. The van der Waals surface area contributed by atoms with Crippen molar-refractivity contribution in [3.8, 4) is 0 Å². The molecule has 1 aliphatic heterocycles. The molecule has 6 nitrogen and oxygen atoms in total. The van der Waals surface area contributed by atoms with Gasteiger partial charge in [0.15, 0.2) is 0 Å². The summed E-state index contributed by atoms with van der Waals surface area (Å²) in [7, 11) is 0. The molecule has 1 aromatic carbocycles. The van der Waals surface area contributed by atoms with E-state index in [1.165, 1.54) is 11.0 Å². The third kappa shape index (κ3) is 3.45. The van der Waals surface area contributed by atoms with Crippen LogP contribution in [0.25, 0.3) is 0 Å². The third-order valence-corrected chi connectivity index (χ3v) is 4.05. The molecule has 1 aromatic heterocycles. The van der Waals surface area contributed by atoms with Crippen LogP contribution in [-0.2, 0) is 16.1 Å². The second kappa shape index (κ2) is 6.82. The van der Waals surface area contributed by atoms with Gasteiger partial charge in [0.1, 0.15) is 5.82 Å². The number of carbonyl (C=O) groups is 2. The Balaban J connectivity index is 1.61. The second-order valence-corrected chi connectivity index (χ2v) is 5.99. The van der Waals surface area contributed by atoms with Crippen LogP contribution in [0.2, 0.25) is 0 Å². The highest BCUT2D eigenvalue weighted by Gasteiger charge is 2.36. The van der Waals surface area contributed by atoms with Gasteiger partial charge in [-0.25, -0.2) is 4.39 Å². The average molecular weight is 330 g/mol. The number of halogens is 1. The van der Waals surface area contributed by atoms with Gasteiger partial charge in [0.05, 0.1) is 18.2 Å². The molecule has 0 saturated carbocycles. The predicted molar refractivity (Wildman–Crippen MR) is 86.7 cm³/mol. The minimum atomic E-state index is -0.475. The van der Waals surface area contributed by atoms with Crippen LogP contribution < -0.4 is 10.2 Å². The average Bonchev–Trinajstić information content (AvgIpc) is 3.17. The van der Waals surface area contributed by atoms with Gasteiger partial charge in [0, 0.05) is 31.4 Å². The van der Waals surface area contributed by atoms with Crippen LogP contribution in [0.4, 0.5) is 10.1 Å². The van der Waals surface area contributed by atoms with Gasteiger partial charge in [-0.3, -0.25) is 14.3 Å². The number of anilines is 1. The molecule has 126 valence electrons. The highest BCUT2D eigenvalue weighted by molar-refractivity contribution is 6.00. The van der Waals surface area contributed by atoms with Crippen LogP contribution >= 0.6 is 0 Å². The van der Waals surface area contributed by atoms with Crippen molar-refractivity contribution in [3.63, 3.8) is 0 Å². The number of aromatic nitrogens is 2. The summed E-state index contributed by atoms with van der Waals surface area (Å²) in [5, 5.41) is 6.99. The Morgan fingerprint density at radius 2 is 2.21 bits per heavy atom. The lowest BCUT2D eigenvalue weighted by molar-refractivity contribution is -0.126. The standard InChI is InChI=1S/C17H19FN4O2/c1-12(10-21-8-4-7-19-21)20-17(24)13-9-16(23)22(11-13)15-6-3-2-5-14(15)18/h2-8,12-13H,9-11H2,1H3,(H,20,24)/t12-,13-/m0/s1. The molecule has 0 aliphatic carbocycles. The Bertz CT molecular complexity index is 732. The first-order valence-corrected chi connectivity index (χ1v) is 7.87. The Morgan fingerprint density at radius 3 is 2.92 bits per heavy atom. The van der Waals surface area contributed by atoms with E-state index in [0.29, 0.717) is 6.54 Å². The molecular formula is C17H19FN4O2. The van der Waals surface area contributed by atoms with Gasteiger partial charge in [0.25, 0.3) is 0 Å². The normalized spacial score (nSPS) is 18.7. The largest absolute Gasteiger partial charge is 0.351 e. The molecule has 2 heterocycles. The van der Waals surface area contributed by atoms with Crippen LogP contribution in [0, 0.1) is 11.7 Å². The van der Waals surface area contributed by atoms with Crippen molar-refractivity contribution in [2.75, 3.05) is 11.4 Å². The van der Waals surface area contributed by atoms with Crippen molar-refractivity contribution >= 4 is 17.5 Å². The summed E-state index contributed by atoms with van der Waals surface area (Å²) < 4.78 is 15.6. The maximum absolute atomic E-state index is 13.9. The first-order chi connectivity index (χ1) is 11.5. The van der Waals surface area contributed by atoms with Crippen LogP contribution in [0.15, 0.2) is 42.7 Å². The van der Waals surface area contributed by atoms with Crippen LogP contribution in [0.1, 0.15) is 13.3 Å². The number of hydrogen-bond acceptors (Lipinski definition) is 3. The van der Waals surface area contributed by atoms with Gasteiger partial charge in [-0.2, -0.15) is 5.10 Å². The fourth-order valence-corrected chi connectivity index (χ4v) is 2.88. The number of rotatable bonds is 5. The summed E-state index contributed by atoms with van der Waals surface area (Å²) in [6.07, 6.45) is 3.59. The maximum atomic E-state index is 13.9. The van der Waals surface area contributed by atoms with Gasteiger partial charge >= 0.3 is 0 Å². The van der Waals surface area contributed by atoms with Crippen molar-refractivity contribution in [3.05, 3.63) is 48.5 Å². The number of nitrogens with one attached hydrogen (secondary N) is 1. The minimum absolute atomic E-state index is 0.0919. The molecule has 7 heteroatoms. The monoisotopic (exact) mass is 330 g/mol. The Labute approximate surface area is 139 Å². The molecule has 0 spiro atoms. The lowest BCUT2D eigenvalue weighted by Gasteiger charge is -2.19. The van der Waals surface area contributed by atoms with Gasteiger partial charge in [-0.1, -0.05) is 12.1 Å². The molecule has 2 atom stereocenters. The Kier molecular flexibility index (Phi) is 4.59. The van der Waals surface area contributed by atoms with E-state index in [4.69, 9.17) is 0 Å². The SMILES string of the molecule is C[C@@H](Cn1cccn1)NC(=O)[C@H]1CC(=O)N(c2ccccc2F)C1. The molecule has 1 saturated heterocycles. The molecule has 1 fully saturated rings. The first kappa shape index (κ1) is 16.2. The topological polar surface area (TPSA) is 67.2 Å². The highest BCUT2D eigenvalue weighted by atomic mass is 19.1. The van der Waals surface area contributed by atoms with Gasteiger partial charge in [-0.15, -0.1) is 0 Å². The van der Waals surface area contributed by atoms with E-state index in [-0.39, 0.29) is 36.5 Å².